The molecule has 6 nitrogen and oxygen atoms in total. The van der Waals surface area contributed by atoms with Crippen LogP contribution in [0.25, 0.3) is 132 Å². The second-order valence-corrected chi connectivity index (χ2v) is 16.5. The average Bonchev–Trinajstić information content (AvgIpc) is 4.05. The van der Waals surface area contributed by atoms with Gasteiger partial charge in [0.25, 0.3) is 0 Å². The second-order valence-electron chi connectivity index (χ2n) is 15.4. The zero-order valence-electron chi connectivity index (χ0n) is 32.3. The summed E-state index contributed by atoms with van der Waals surface area (Å²) in [5.41, 5.74) is 8.82. The minimum atomic E-state index is 0.571. The normalized spacial score (nSPS) is 11.9. The quantitative estimate of drug-likeness (QED) is 0.173. The lowest BCUT2D eigenvalue weighted by atomic mass is 10.00. The number of furan rings is 1. The number of nitrogens with zero attached hydrogens (tertiary/aromatic N) is 4. The Kier molecular flexibility index (Phi) is 7.37. The van der Waals surface area contributed by atoms with Crippen LogP contribution in [0.1, 0.15) is 0 Å². The molecule has 7 heteroatoms. The maximum atomic E-state index is 6.53. The minimum absolute atomic E-state index is 0.571. The van der Waals surface area contributed by atoms with Gasteiger partial charge in [0.1, 0.15) is 16.7 Å². The summed E-state index contributed by atoms with van der Waals surface area (Å²) < 4.78 is 15.6. The largest absolute Gasteiger partial charge is 0.456 e. The Labute approximate surface area is 352 Å². The van der Waals surface area contributed by atoms with Gasteiger partial charge in [-0.1, -0.05) is 115 Å². The van der Waals surface area contributed by atoms with Gasteiger partial charge in [0.05, 0.1) is 5.39 Å². The molecular formula is C54H30N4O2S. The molecule has 0 saturated carbocycles. The van der Waals surface area contributed by atoms with E-state index in [1.54, 1.807) is 0 Å². The Bertz CT molecular complexity index is 3900. The molecule has 0 aliphatic heterocycles. The fourth-order valence-electron chi connectivity index (χ4n) is 8.74. The number of fused-ring (bicyclic) bond motifs is 11. The number of rotatable bonds is 5. The average molecular weight is 799 g/mol. The zero-order valence-corrected chi connectivity index (χ0v) is 33.2. The van der Waals surface area contributed by atoms with Crippen LogP contribution >= 0.6 is 11.3 Å². The lowest BCUT2D eigenvalue weighted by molar-refractivity contribution is 0.622. The summed E-state index contributed by atoms with van der Waals surface area (Å²) in [5, 5.41) is 8.74. The fourth-order valence-corrected chi connectivity index (χ4v) is 9.82. The van der Waals surface area contributed by atoms with Gasteiger partial charge in [-0.25, -0.2) is 19.9 Å². The molecule has 61 heavy (non-hydrogen) atoms. The van der Waals surface area contributed by atoms with Crippen LogP contribution in [-0.2, 0) is 0 Å². The highest BCUT2D eigenvalue weighted by molar-refractivity contribution is 7.25. The van der Waals surface area contributed by atoms with Gasteiger partial charge in [0, 0.05) is 47.8 Å². The molecule has 0 atom stereocenters. The van der Waals surface area contributed by atoms with Crippen molar-refractivity contribution in [3.63, 3.8) is 0 Å². The standard InChI is InChI=1S/C54H30N4O2S/c1-2-10-33(11-3-1)54-55-43-23-25-45-49(50(43)60-54)48-41-30-39(20-18-32(41)21-24-44(48)59-45)53-57-51(56-52(58-53)38-19-17-31-9-4-5-12-34(31)27-38)37-14-8-13-35(28-37)36-22-26-47-42(29-36)40-15-6-7-16-46(40)61-47/h1-30H. The van der Waals surface area contributed by atoms with Crippen molar-refractivity contribution in [3.05, 3.63) is 182 Å². The molecule has 0 N–H and O–H groups in total. The zero-order chi connectivity index (χ0) is 40.0. The summed E-state index contributed by atoms with van der Waals surface area (Å²) in [5.74, 6) is 2.35. The van der Waals surface area contributed by atoms with E-state index in [1.165, 1.54) is 20.2 Å². The summed E-state index contributed by atoms with van der Waals surface area (Å²) in [6, 6.07) is 63.0. The molecule has 0 fully saturated rings. The van der Waals surface area contributed by atoms with E-state index in [-0.39, 0.29) is 0 Å². The van der Waals surface area contributed by atoms with Crippen molar-refractivity contribution in [2.75, 3.05) is 0 Å². The third-order valence-corrected chi connectivity index (χ3v) is 12.9. The third-order valence-electron chi connectivity index (χ3n) is 11.7. The second kappa shape index (κ2) is 13.3. The van der Waals surface area contributed by atoms with Gasteiger partial charge in [-0.3, -0.25) is 0 Å². The van der Waals surface area contributed by atoms with Crippen molar-refractivity contribution in [1.29, 1.82) is 0 Å². The van der Waals surface area contributed by atoms with Crippen molar-refractivity contribution in [2.24, 2.45) is 0 Å². The van der Waals surface area contributed by atoms with Gasteiger partial charge in [0.15, 0.2) is 23.1 Å². The summed E-state index contributed by atoms with van der Waals surface area (Å²) in [6.07, 6.45) is 0. The van der Waals surface area contributed by atoms with Crippen LogP contribution in [0.4, 0.5) is 0 Å². The van der Waals surface area contributed by atoms with Crippen LogP contribution in [0.3, 0.4) is 0 Å². The van der Waals surface area contributed by atoms with E-state index in [9.17, 15) is 0 Å². The van der Waals surface area contributed by atoms with E-state index in [4.69, 9.17) is 28.8 Å². The van der Waals surface area contributed by atoms with Crippen LogP contribution in [0.5, 0.6) is 0 Å². The van der Waals surface area contributed by atoms with Gasteiger partial charge in [-0.2, -0.15) is 0 Å². The predicted molar refractivity (Wildman–Crippen MR) is 250 cm³/mol. The number of oxazole rings is 1. The molecule has 0 saturated heterocycles. The van der Waals surface area contributed by atoms with Gasteiger partial charge in [-0.05, 0) is 99.4 Å². The van der Waals surface area contributed by atoms with Crippen molar-refractivity contribution in [2.45, 2.75) is 0 Å². The maximum Gasteiger partial charge on any atom is 0.227 e. The molecule has 0 aliphatic rings. The molecule has 0 spiro atoms. The molecule has 0 unspecified atom stereocenters. The lowest BCUT2D eigenvalue weighted by Crippen LogP contribution is -2.00. The molecule has 13 rings (SSSR count). The number of aromatic nitrogens is 4. The van der Waals surface area contributed by atoms with Gasteiger partial charge in [-0.15, -0.1) is 11.3 Å². The van der Waals surface area contributed by atoms with E-state index >= 15 is 0 Å². The van der Waals surface area contributed by atoms with Crippen molar-refractivity contribution in [1.82, 2.24) is 19.9 Å². The van der Waals surface area contributed by atoms with E-state index in [2.05, 4.69) is 133 Å². The Hall–Kier alpha value is -8.00. The summed E-state index contributed by atoms with van der Waals surface area (Å²) in [6.45, 7) is 0. The smallest absolute Gasteiger partial charge is 0.227 e. The van der Waals surface area contributed by atoms with Crippen LogP contribution < -0.4 is 0 Å². The lowest BCUT2D eigenvalue weighted by Gasteiger charge is -2.11. The topological polar surface area (TPSA) is 77.8 Å². The third kappa shape index (κ3) is 5.55. The molecule has 13 aromatic rings. The highest BCUT2D eigenvalue weighted by Crippen LogP contribution is 2.42. The minimum Gasteiger partial charge on any atom is -0.456 e. The Morgan fingerprint density at radius 1 is 0.344 bits per heavy atom. The SMILES string of the molecule is c1ccc(-c2nc3ccc4oc5ccc6ccc(-c7nc(-c8cccc(-c9ccc%10sc%11ccccc%11c%10c9)c8)nc(-c8ccc9ccccc9c8)n7)cc6c5c4c3o2)cc1. The van der Waals surface area contributed by atoms with Crippen LogP contribution in [-0.4, -0.2) is 19.9 Å². The first-order chi connectivity index (χ1) is 30.2. The first-order valence-electron chi connectivity index (χ1n) is 20.2. The molecule has 0 aliphatic carbocycles. The molecule has 0 radical (unpaired) electrons. The van der Waals surface area contributed by atoms with Crippen LogP contribution in [0, 0.1) is 0 Å². The Morgan fingerprint density at radius 3 is 1.82 bits per heavy atom. The summed E-state index contributed by atoms with van der Waals surface area (Å²) >= 11 is 1.83. The first kappa shape index (κ1) is 33.9. The van der Waals surface area contributed by atoms with E-state index in [0.717, 1.165) is 82.4 Å². The predicted octanol–water partition coefficient (Wildman–Crippen LogP) is 14.9. The highest BCUT2D eigenvalue weighted by Gasteiger charge is 2.20. The number of hydrogen-bond acceptors (Lipinski definition) is 7. The first-order valence-corrected chi connectivity index (χ1v) is 21.0. The van der Waals surface area contributed by atoms with Crippen LogP contribution in [0.15, 0.2) is 191 Å². The van der Waals surface area contributed by atoms with E-state index in [0.29, 0.717) is 28.9 Å². The Morgan fingerprint density at radius 2 is 0.951 bits per heavy atom. The Balaban J connectivity index is 0.997. The highest BCUT2D eigenvalue weighted by atomic mass is 32.1. The monoisotopic (exact) mass is 798 g/mol. The van der Waals surface area contributed by atoms with Crippen molar-refractivity contribution < 1.29 is 8.83 Å². The number of thiophene rings is 1. The summed E-state index contributed by atoms with van der Waals surface area (Å²) in [4.78, 5) is 20.5. The molecular weight excluding hydrogens is 769 g/mol. The van der Waals surface area contributed by atoms with E-state index < -0.39 is 0 Å². The maximum absolute atomic E-state index is 6.53. The molecule has 9 aromatic carbocycles. The van der Waals surface area contributed by atoms with E-state index in [1.807, 2.05) is 59.9 Å². The number of hydrogen-bond donors (Lipinski definition) is 0. The molecule has 0 amide bonds. The fraction of sp³-hybridized carbons (Fsp3) is 0. The molecule has 0 bridgehead atoms. The van der Waals surface area contributed by atoms with Gasteiger partial charge < -0.3 is 8.83 Å². The molecule has 284 valence electrons. The van der Waals surface area contributed by atoms with Gasteiger partial charge >= 0.3 is 0 Å². The van der Waals surface area contributed by atoms with Crippen LogP contribution in [0.2, 0.25) is 0 Å². The summed E-state index contributed by atoms with van der Waals surface area (Å²) in [7, 11) is 0. The number of benzene rings is 9. The molecule has 4 aromatic heterocycles. The van der Waals surface area contributed by atoms with Crippen molar-refractivity contribution in [3.8, 4) is 56.7 Å². The van der Waals surface area contributed by atoms with Gasteiger partial charge in [0.2, 0.25) is 5.89 Å². The molecule has 4 heterocycles. The van der Waals surface area contributed by atoms with Crippen molar-refractivity contribution >= 4 is 86.1 Å².